The molecule has 0 bridgehead atoms. The number of pyridine rings is 1. The van der Waals surface area contributed by atoms with Crippen molar-refractivity contribution in [3.8, 4) is 0 Å². The number of imidazole rings is 1. The van der Waals surface area contributed by atoms with Crippen LogP contribution in [0, 0.1) is 6.92 Å². The van der Waals surface area contributed by atoms with Gasteiger partial charge >= 0.3 is 0 Å². The van der Waals surface area contributed by atoms with Gasteiger partial charge in [-0.25, -0.2) is 4.98 Å². The van der Waals surface area contributed by atoms with Gasteiger partial charge in [0.25, 0.3) is 0 Å². The molecule has 0 atom stereocenters. The zero-order chi connectivity index (χ0) is 16.2. The van der Waals surface area contributed by atoms with Gasteiger partial charge in [0, 0.05) is 26.0 Å². The maximum Gasteiger partial charge on any atom is 0.226 e. The molecule has 3 rings (SSSR count). The number of fused-ring (bicyclic) bond motifs is 1. The number of carbonyl (C=O) groups is 1. The molecule has 5 nitrogen and oxygen atoms in total. The zero-order valence-electron chi connectivity index (χ0n) is 13.4. The number of carbonyl (C=O) groups excluding carboxylic acids is 1. The molecule has 0 spiro atoms. The van der Waals surface area contributed by atoms with Crippen LogP contribution >= 0.6 is 0 Å². The predicted octanol–water partition coefficient (Wildman–Crippen LogP) is 2.51. The van der Waals surface area contributed by atoms with Gasteiger partial charge < -0.3 is 9.88 Å². The minimum Gasteiger partial charge on any atom is -0.345 e. The lowest BCUT2D eigenvalue weighted by molar-refractivity contribution is -0.129. The highest BCUT2D eigenvalue weighted by Crippen LogP contribution is 2.14. The van der Waals surface area contributed by atoms with Crippen LogP contribution in [-0.4, -0.2) is 39.4 Å². The molecule has 0 unspecified atom stereocenters. The van der Waals surface area contributed by atoms with Gasteiger partial charge in [-0.1, -0.05) is 6.07 Å². The molecule has 23 heavy (non-hydrogen) atoms. The first-order valence-corrected chi connectivity index (χ1v) is 7.70. The average Bonchev–Trinajstić information content (AvgIpc) is 2.92. The first-order chi connectivity index (χ1) is 11.1. The van der Waals surface area contributed by atoms with Crippen molar-refractivity contribution in [2.24, 2.45) is 0 Å². The molecule has 0 saturated carbocycles. The first kappa shape index (κ1) is 15.2. The Morgan fingerprint density at radius 2 is 1.96 bits per heavy atom. The third-order valence-electron chi connectivity index (χ3n) is 3.93. The Hall–Kier alpha value is -2.69. The van der Waals surface area contributed by atoms with Crippen molar-refractivity contribution in [2.75, 3.05) is 13.6 Å². The molecule has 2 aromatic heterocycles. The number of nitrogens with one attached hydrogen (secondary N) is 1. The van der Waals surface area contributed by atoms with Crippen molar-refractivity contribution in [1.29, 1.82) is 0 Å². The molecule has 0 aliphatic heterocycles. The number of hydrogen-bond acceptors (Lipinski definition) is 3. The van der Waals surface area contributed by atoms with E-state index in [4.69, 9.17) is 0 Å². The lowest BCUT2D eigenvalue weighted by atomic mass is 10.1. The van der Waals surface area contributed by atoms with Crippen LogP contribution in [0.4, 0.5) is 0 Å². The van der Waals surface area contributed by atoms with E-state index in [-0.39, 0.29) is 5.91 Å². The van der Waals surface area contributed by atoms with Crippen LogP contribution in [0.2, 0.25) is 0 Å². The van der Waals surface area contributed by atoms with Crippen LogP contribution < -0.4 is 0 Å². The number of hydrogen-bond donors (Lipinski definition) is 1. The maximum atomic E-state index is 12.4. The van der Waals surface area contributed by atoms with E-state index < -0.39 is 0 Å². The van der Waals surface area contributed by atoms with E-state index >= 15 is 0 Å². The molecular weight excluding hydrogens is 288 g/mol. The van der Waals surface area contributed by atoms with Crippen LogP contribution in [-0.2, 0) is 17.6 Å². The fourth-order valence-corrected chi connectivity index (χ4v) is 2.57. The summed E-state index contributed by atoms with van der Waals surface area (Å²) >= 11 is 0. The molecule has 0 saturated heterocycles. The average molecular weight is 308 g/mol. The zero-order valence-corrected chi connectivity index (χ0v) is 13.4. The van der Waals surface area contributed by atoms with E-state index in [2.05, 4.69) is 15.0 Å². The summed E-state index contributed by atoms with van der Waals surface area (Å²) in [6.07, 6.45) is 4.79. The van der Waals surface area contributed by atoms with E-state index in [1.165, 1.54) is 5.56 Å². The normalized spacial score (nSPS) is 10.9. The summed E-state index contributed by atoms with van der Waals surface area (Å²) in [5, 5.41) is 0. The lowest BCUT2D eigenvalue weighted by Crippen LogP contribution is -2.30. The Balaban J connectivity index is 1.60. The Labute approximate surface area is 135 Å². The van der Waals surface area contributed by atoms with E-state index in [1.807, 2.05) is 44.3 Å². The molecule has 118 valence electrons. The molecule has 1 N–H and O–H groups in total. The SMILES string of the molecule is Cc1nc2ccc(CC(=O)N(C)CCc3ccncc3)cc2[nH]1. The molecule has 3 aromatic rings. The topological polar surface area (TPSA) is 61.9 Å². The van der Waals surface area contributed by atoms with Gasteiger partial charge in [0.05, 0.1) is 17.5 Å². The van der Waals surface area contributed by atoms with Crippen molar-refractivity contribution < 1.29 is 4.79 Å². The molecule has 2 heterocycles. The second-order valence-corrected chi connectivity index (χ2v) is 5.77. The maximum absolute atomic E-state index is 12.4. The summed E-state index contributed by atoms with van der Waals surface area (Å²) in [5.41, 5.74) is 4.10. The molecule has 1 amide bonds. The second kappa shape index (κ2) is 6.60. The number of likely N-dealkylation sites (N-methyl/N-ethyl adjacent to an activating group) is 1. The van der Waals surface area contributed by atoms with Crippen LogP contribution in [0.1, 0.15) is 17.0 Å². The number of aromatic nitrogens is 3. The molecule has 0 aliphatic rings. The van der Waals surface area contributed by atoms with Gasteiger partial charge in [-0.3, -0.25) is 9.78 Å². The Morgan fingerprint density at radius 1 is 1.17 bits per heavy atom. The number of rotatable bonds is 5. The van der Waals surface area contributed by atoms with E-state index in [9.17, 15) is 4.79 Å². The van der Waals surface area contributed by atoms with Crippen LogP contribution in [0.25, 0.3) is 11.0 Å². The van der Waals surface area contributed by atoms with Gasteiger partial charge in [0.1, 0.15) is 5.82 Å². The number of benzene rings is 1. The Bertz CT molecular complexity index is 810. The summed E-state index contributed by atoms with van der Waals surface area (Å²) in [6, 6.07) is 9.89. The van der Waals surface area contributed by atoms with Gasteiger partial charge in [-0.15, -0.1) is 0 Å². The van der Waals surface area contributed by atoms with E-state index in [0.29, 0.717) is 13.0 Å². The van der Waals surface area contributed by atoms with Crippen molar-refractivity contribution in [3.63, 3.8) is 0 Å². The molecule has 0 radical (unpaired) electrons. The molecule has 1 aromatic carbocycles. The van der Waals surface area contributed by atoms with Crippen LogP contribution in [0.3, 0.4) is 0 Å². The highest BCUT2D eigenvalue weighted by Gasteiger charge is 2.11. The number of H-pyrrole nitrogens is 1. The van der Waals surface area contributed by atoms with Crippen molar-refractivity contribution in [2.45, 2.75) is 19.8 Å². The standard InChI is InChI=1S/C18H20N4O/c1-13-20-16-4-3-15(11-17(16)21-13)12-18(23)22(2)10-7-14-5-8-19-9-6-14/h3-6,8-9,11H,7,10,12H2,1-2H3,(H,20,21). The predicted molar refractivity (Wildman–Crippen MR) is 90.1 cm³/mol. The number of aromatic amines is 1. The van der Waals surface area contributed by atoms with Crippen molar-refractivity contribution in [3.05, 3.63) is 59.7 Å². The summed E-state index contributed by atoms with van der Waals surface area (Å²) in [7, 11) is 1.85. The highest BCUT2D eigenvalue weighted by molar-refractivity contribution is 5.81. The quantitative estimate of drug-likeness (QED) is 0.788. The number of amides is 1. The summed E-state index contributed by atoms with van der Waals surface area (Å²) in [5.74, 6) is 1.01. The molecule has 5 heteroatoms. The van der Waals surface area contributed by atoms with Gasteiger partial charge in [-0.2, -0.15) is 0 Å². The fraction of sp³-hybridized carbons (Fsp3) is 0.278. The number of aryl methyl sites for hydroxylation is 1. The Kier molecular flexibility index (Phi) is 4.37. The minimum absolute atomic E-state index is 0.120. The monoisotopic (exact) mass is 308 g/mol. The van der Waals surface area contributed by atoms with Gasteiger partial charge in [0.2, 0.25) is 5.91 Å². The van der Waals surface area contributed by atoms with Crippen molar-refractivity contribution >= 4 is 16.9 Å². The molecule has 0 fully saturated rings. The smallest absolute Gasteiger partial charge is 0.226 e. The molecule has 0 aliphatic carbocycles. The third-order valence-corrected chi connectivity index (χ3v) is 3.93. The third kappa shape index (κ3) is 3.74. The summed E-state index contributed by atoms with van der Waals surface area (Å²) in [4.78, 5) is 25.7. The first-order valence-electron chi connectivity index (χ1n) is 7.70. The van der Waals surface area contributed by atoms with Crippen LogP contribution in [0.15, 0.2) is 42.7 Å². The lowest BCUT2D eigenvalue weighted by Gasteiger charge is -2.17. The Morgan fingerprint density at radius 3 is 2.74 bits per heavy atom. The van der Waals surface area contributed by atoms with Crippen LogP contribution in [0.5, 0.6) is 0 Å². The van der Waals surface area contributed by atoms with Crippen molar-refractivity contribution in [1.82, 2.24) is 19.9 Å². The van der Waals surface area contributed by atoms with E-state index in [0.717, 1.165) is 28.8 Å². The summed E-state index contributed by atoms with van der Waals surface area (Å²) < 4.78 is 0. The van der Waals surface area contributed by atoms with Gasteiger partial charge in [-0.05, 0) is 48.7 Å². The van der Waals surface area contributed by atoms with E-state index in [1.54, 1.807) is 17.3 Å². The molecular formula is C18H20N4O. The summed E-state index contributed by atoms with van der Waals surface area (Å²) in [6.45, 7) is 2.63. The largest absolute Gasteiger partial charge is 0.345 e. The van der Waals surface area contributed by atoms with Gasteiger partial charge in [0.15, 0.2) is 0 Å². The fourth-order valence-electron chi connectivity index (χ4n) is 2.57. The second-order valence-electron chi connectivity index (χ2n) is 5.77. The highest BCUT2D eigenvalue weighted by atomic mass is 16.2. The number of nitrogens with zero attached hydrogens (tertiary/aromatic N) is 3. The minimum atomic E-state index is 0.120.